The Morgan fingerprint density at radius 2 is 2.62 bits per heavy atom. The van der Waals surface area contributed by atoms with E-state index in [2.05, 4.69) is 5.43 Å². The molecule has 0 aliphatic carbocycles. The molecule has 0 N–H and O–H groups in total. The van der Waals surface area contributed by atoms with Crippen molar-refractivity contribution in [3.05, 3.63) is 0 Å². The minimum Gasteiger partial charge on any atom is -0.283 e. The first-order valence-electron chi connectivity index (χ1n) is 3.01. The Morgan fingerprint density at radius 1 is 1.75 bits per heavy atom. The summed E-state index contributed by atoms with van der Waals surface area (Å²) in [5.74, 6) is 0. The van der Waals surface area contributed by atoms with Gasteiger partial charge in [-0.2, -0.15) is 0 Å². The minimum atomic E-state index is 0.726. The molecule has 1 aliphatic rings. The summed E-state index contributed by atoms with van der Waals surface area (Å²) in [5, 5.41) is 1.67. The molecule has 0 aromatic heterocycles. The Kier molecular flexibility index (Phi) is 2.27. The van der Waals surface area contributed by atoms with Crippen LogP contribution in [0.3, 0.4) is 0 Å². The smallest absolute Gasteiger partial charge is 0.0674 e. The van der Waals surface area contributed by atoms with Crippen LogP contribution in [-0.2, 0) is 4.84 Å². The SMILES string of the molecule is CCON1CCC[N]1. The van der Waals surface area contributed by atoms with Crippen molar-refractivity contribution in [1.82, 2.24) is 10.6 Å². The molecule has 47 valence electrons. The summed E-state index contributed by atoms with van der Waals surface area (Å²) < 4.78 is 0. The topological polar surface area (TPSA) is 26.6 Å². The minimum absolute atomic E-state index is 0.726. The lowest BCUT2D eigenvalue weighted by molar-refractivity contribution is -0.175. The molecule has 0 aromatic carbocycles. The highest BCUT2D eigenvalue weighted by Gasteiger charge is 2.10. The normalized spacial score (nSPS) is 22.1. The van der Waals surface area contributed by atoms with E-state index in [0.29, 0.717) is 0 Å². The fourth-order valence-electron chi connectivity index (χ4n) is 0.713. The van der Waals surface area contributed by atoms with Gasteiger partial charge in [-0.1, -0.05) is 0 Å². The molecule has 8 heavy (non-hydrogen) atoms. The van der Waals surface area contributed by atoms with Crippen molar-refractivity contribution in [2.45, 2.75) is 13.3 Å². The number of hydrogen-bond acceptors (Lipinski definition) is 2. The molecule has 0 spiro atoms. The van der Waals surface area contributed by atoms with Crippen molar-refractivity contribution in [2.24, 2.45) is 0 Å². The fourth-order valence-corrected chi connectivity index (χ4v) is 0.713. The third-order valence-corrected chi connectivity index (χ3v) is 1.04. The van der Waals surface area contributed by atoms with Gasteiger partial charge < -0.3 is 0 Å². The van der Waals surface area contributed by atoms with E-state index < -0.39 is 0 Å². The Balaban J connectivity index is 2.06. The maximum absolute atomic E-state index is 5.07. The van der Waals surface area contributed by atoms with E-state index in [9.17, 15) is 0 Å². The second kappa shape index (κ2) is 3.02. The monoisotopic (exact) mass is 115 g/mol. The highest BCUT2D eigenvalue weighted by atomic mass is 16.7. The average Bonchev–Trinajstić information content (AvgIpc) is 2.19. The van der Waals surface area contributed by atoms with Crippen LogP contribution in [0.15, 0.2) is 0 Å². The number of hydrogen-bond donors (Lipinski definition) is 0. The van der Waals surface area contributed by atoms with E-state index in [1.165, 1.54) is 0 Å². The third kappa shape index (κ3) is 1.43. The zero-order valence-corrected chi connectivity index (χ0v) is 5.13. The van der Waals surface area contributed by atoms with Gasteiger partial charge in [0.15, 0.2) is 0 Å². The van der Waals surface area contributed by atoms with Crippen molar-refractivity contribution in [3.8, 4) is 0 Å². The molecular weight excluding hydrogens is 104 g/mol. The second-order valence-corrected chi connectivity index (χ2v) is 1.71. The molecular formula is C5H11N2O. The Labute approximate surface area is 49.5 Å². The fraction of sp³-hybridized carbons (Fsp3) is 1.00. The molecule has 1 heterocycles. The van der Waals surface area contributed by atoms with Gasteiger partial charge in [-0.05, 0) is 13.3 Å². The maximum atomic E-state index is 5.07. The van der Waals surface area contributed by atoms with Crippen molar-refractivity contribution in [1.29, 1.82) is 0 Å². The molecule has 1 aliphatic heterocycles. The molecule has 1 saturated heterocycles. The van der Waals surface area contributed by atoms with E-state index in [0.717, 1.165) is 26.1 Å². The lowest BCUT2D eigenvalue weighted by Crippen LogP contribution is -2.24. The van der Waals surface area contributed by atoms with Crippen molar-refractivity contribution in [2.75, 3.05) is 19.7 Å². The van der Waals surface area contributed by atoms with Gasteiger partial charge in [0, 0.05) is 13.1 Å². The van der Waals surface area contributed by atoms with Gasteiger partial charge in [-0.3, -0.25) is 4.84 Å². The summed E-state index contributed by atoms with van der Waals surface area (Å²) in [6, 6.07) is 0. The van der Waals surface area contributed by atoms with Crippen molar-refractivity contribution < 1.29 is 4.84 Å². The standard InChI is InChI=1S/C5H11N2O/c1-2-8-7-5-3-4-6-7/h2-5H2,1H3. The largest absolute Gasteiger partial charge is 0.283 e. The van der Waals surface area contributed by atoms with Crippen LogP contribution < -0.4 is 5.43 Å². The Morgan fingerprint density at radius 3 is 3.12 bits per heavy atom. The molecule has 3 heteroatoms. The summed E-state index contributed by atoms with van der Waals surface area (Å²) in [7, 11) is 0. The molecule has 0 aromatic rings. The summed E-state index contributed by atoms with van der Waals surface area (Å²) in [6.07, 6.45) is 1.14. The molecule has 1 fully saturated rings. The van der Waals surface area contributed by atoms with Crippen LogP contribution in [0.25, 0.3) is 0 Å². The first-order valence-corrected chi connectivity index (χ1v) is 3.01. The van der Waals surface area contributed by atoms with E-state index in [1.807, 2.05) is 6.92 Å². The highest BCUT2D eigenvalue weighted by molar-refractivity contribution is 4.51. The van der Waals surface area contributed by atoms with E-state index in [-0.39, 0.29) is 0 Å². The first kappa shape index (κ1) is 6.01. The first-order chi connectivity index (χ1) is 3.93. The van der Waals surface area contributed by atoms with Crippen LogP contribution in [0.4, 0.5) is 0 Å². The van der Waals surface area contributed by atoms with Crippen LogP contribution in [-0.4, -0.2) is 24.9 Å². The third-order valence-electron chi connectivity index (χ3n) is 1.04. The van der Waals surface area contributed by atoms with Gasteiger partial charge in [0.2, 0.25) is 0 Å². The summed E-state index contributed by atoms with van der Waals surface area (Å²) in [6.45, 7) is 4.59. The van der Waals surface area contributed by atoms with Crippen LogP contribution >= 0.6 is 0 Å². The Bertz CT molecular complexity index is 61.4. The van der Waals surface area contributed by atoms with Gasteiger partial charge in [-0.15, -0.1) is 10.6 Å². The van der Waals surface area contributed by atoms with E-state index in [1.54, 1.807) is 5.17 Å². The second-order valence-electron chi connectivity index (χ2n) is 1.71. The number of rotatable bonds is 2. The molecule has 1 radical (unpaired) electrons. The van der Waals surface area contributed by atoms with Crippen LogP contribution in [0.5, 0.6) is 0 Å². The Hall–Kier alpha value is -0.120. The maximum Gasteiger partial charge on any atom is 0.0674 e. The molecule has 3 nitrogen and oxygen atoms in total. The van der Waals surface area contributed by atoms with Gasteiger partial charge in [0.1, 0.15) is 0 Å². The van der Waals surface area contributed by atoms with Crippen LogP contribution in [0, 0.1) is 0 Å². The predicted molar refractivity (Wildman–Crippen MR) is 29.9 cm³/mol. The van der Waals surface area contributed by atoms with E-state index in [4.69, 9.17) is 4.84 Å². The molecule has 0 unspecified atom stereocenters. The van der Waals surface area contributed by atoms with Crippen LogP contribution in [0.1, 0.15) is 13.3 Å². The zero-order chi connectivity index (χ0) is 5.82. The molecule has 0 amide bonds. The number of hydroxylamine groups is 1. The quantitative estimate of drug-likeness (QED) is 0.512. The van der Waals surface area contributed by atoms with Crippen molar-refractivity contribution >= 4 is 0 Å². The van der Waals surface area contributed by atoms with E-state index >= 15 is 0 Å². The lowest BCUT2D eigenvalue weighted by Gasteiger charge is -2.09. The summed E-state index contributed by atoms with van der Waals surface area (Å²) in [5.41, 5.74) is 4.04. The average molecular weight is 115 g/mol. The van der Waals surface area contributed by atoms with Gasteiger partial charge in [-0.25, -0.2) is 0 Å². The highest BCUT2D eigenvalue weighted by Crippen LogP contribution is 1.97. The van der Waals surface area contributed by atoms with Gasteiger partial charge in [0.25, 0.3) is 0 Å². The summed E-state index contributed by atoms with van der Waals surface area (Å²) in [4.78, 5) is 5.07. The van der Waals surface area contributed by atoms with Crippen LogP contribution in [0.2, 0.25) is 0 Å². The number of nitrogens with zero attached hydrogens (tertiary/aromatic N) is 2. The van der Waals surface area contributed by atoms with Crippen molar-refractivity contribution in [3.63, 3.8) is 0 Å². The van der Waals surface area contributed by atoms with Gasteiger partial charge in [0.05, 0.1) is 6.61 Å². The molecule has 1 rings (SSSR count). The lowest BCUT2D eigenvalue weighted by atomic mass is 10.5. The molecule has 0 bridgehead atoms. The summed E-state index contributed by atoms with van der Waals surface area (Å²) >= 11 is 0. The zero-order valence-electron chi connectivity index (χ0n) is 5.13. The van der Waals surface area contributed by atoms with Gasteiger partial charge >= 0.3 is 0 Å². The molecule has 0 atom stereocenters. The predicted octanol–water partition coefficient (Wildman–Crippen LogP) is 0.163. The molecule has 0 saturated carbocycles.